The van der Waals surface area contributed by atoms with E-state index in [1.807, 2.05) is 0 Å². The summed E-state index contributed by atoms with van der Waals surface area (Å²) in [5.41, 5.74) is 0. The van der Waals surface area contributed by atoms with Gasteiger partial charge in [0.25, 0.3) is 10.2 Å². The van der Waals surface area contributed by atoms with E-state index in [0.717, 1.165) is 12.8 Å². The number of hydrogen-bond donors (Lipinski definition) is 3. The van der Waals surface area contributed by atoms with Crippen LogP contribution in [-0.4, -0.2) is 31.6 Å². The third-order valence-corrected chi connectivity index (χ3v) is 4.58. The predicted octanol–water partition coefficient (Wildman–Crippen LogP) is 0.216. The fourth-order valence-electron chi connectivity index (χ4n) is 2.13. The Morgan fingerprint density at radius 3 is 1.71 bits per heavy atom. The summed E-state index contributed by atoms with van der Waals surface area (Å²) >= 11 is 0. The van der Waals surface area contributed by atoms with Gasteiger partial charge in [-0.1, -0.05) is 0 Å². The molecule has 2 rings (SSSR count). The zero-order valence-electron chi connectivity index (χ0n) is 9.55. The van der Waals surface area contributed by atoms with Gasteiger partial charge in [-0.2, -0.15) is 17.9 Å². The number of aliphatic carboxylic acids is 1. The van der Waals surface area contributed by atoms with Crippen LogP contribution in [0.3, 0.4) is 0 Å². The summed E-state index contributed by atoms with van der Waals surface area (Å²) in [5, 5.41) is 8.83. The maximum atomic E-state index is 11.6. The molecule has 2 fully saturated rings. The van der Waals surface area contributed by atoms with E-state index in [1.165, 1.54) is 0 Å². The van der Waals surface area contributed by atoms with E-state index < -0.39 is 16.2 Å². The predicted molar refractivity (Wildman–Crippen MR) is 61.6 cm³/mol. The monoisotopic (exact) mass is 262 g/mol. The van der Waals surface area contributed by atoms with Gasteiger partial charge >= 0.3 is 5.97 Å². The minimum atomic E-state index is -3.40. The molecule has 0 aromatic rings. The molecule has 0 unspecified atom stereocenters. The van der Waals surface area contributed by atoms with Crippen LogP contribution in [0.15, 0.2) is 0 Å². The molecule has 98 valence electrons. The summed E-state index contributed by atoms with van der Waals surface area (Å²) < 4.78 is 28.4. The van der Waals surface area contributed by atoms with Crippen LogP contribution < -0.4 is 9.44 Å². The molecule has 0 amide bonds. The summed E-state index contributed by atoms with van der Waals surface area (Å²) in [6, 6.07) is -0.0234. The highest BCUT2D eigenvalue weighted by Crippen LogP contribution is 2.25. The average Bonchev–Trinajstić information content (AvgIpc) is 3.00. The molecule has 0 aliphatic heterocycles. The normalized spacial score (nSPS) is 30.1. The molecule has 0 bridgehead atoms. The lowest BCUT2D eigenvalue weighted by Gasteiger charge is -2.26. The van der Waals surface area contributed by atoms with Crippen LogP contribution in [-0.2, 0) is 15.0 Å². The van der Waals surface area contributed by atoms with Gasteiger partial charge in [0.2, 0.25) is 0 Å². The Kier molecular flexibility index (Phi) is 3.70. The highest BCUT2D eigenvalue weighted by atomic mass is 32.2. The summed E-state index contributed by atoms with van der Waals surface area (Å²) in [7, 11) is -3.40. The molecule has 0 aromatic carbocycles. The van der Waals surface area contributed by atoms with Crippen molar-refractivity contribution in [1.82, 2.24) is 9.44 Å². The first-order valence-corrected chi connectivity index (χ1v) is 7.47. The topological polar surface area (TPSA) is 95.5 Å². The van der Waals surface area contributed by atoms with E-state index in [-0.39, 0.29) is 18.0 Å². The molecule has 2 saturated carbocycles. The van der Waals surface area contributed by atoms with Crippen molar-refractivity contribution in [3.8, 4) is 0 Å². The number of nitrogens with one attached hydrogen (secondary N) is 2. The number of hydrogen-bond acceptors (Lipinski definition) is 3. The highest BCUT2D eigenvalue weighted by molar-refractivity contribution is 7.87. The zero-order valence-corrected chi connectivity index (χ0v) is 10.4. The fraction of sp³-hybridized carbons (Fsp3) is 0.900. The largest absolute Gasteiger partial charge is 0.481 e. The molecule has 7 heteroatoms. The van der Waals surface area contributed by atoms with Crippen LogP contribution in [0.2, 0.25) is 0 Å². The lowest BCUT2D eigenvalue weighted by atomic mass is 9.87. The molecule has 6 nitrogen and oxygen atoms in total. The van der Waals surface area contributed by atoms with Crippen molar-refractivity contribution in [2.24, 2.45) is 5.92 Å². The van der Waals surface area contributed by atoms with Gasteiger partial charge in [-0.3, -0.25) is 4.79 Å². The smallest absolute Gasteiger partial charge is 0.306 e. The van der Waals surface area contributed by atoms with Gasteiger partial charge in [0.1, 0.15) is 0 Å². The second-order valence-corrected chi connectivity index (χ2v) is 6.38. The molecule has 0 radical (unpaired) electrons. The molecule has 0 saturated heterocycles. The van der Waals surface area contributed by atoms with E-state index in [2.05, 4.69) is 9.44 Å². The molecule has 3 N–H and O–H groups in total. The van der Waals surface area contributed by atoms with Crippen molar-refractivity contribution in [1.29, 1.82) is 0 Å². The Hall–Kier alpha value is -0.660. The van der Waals surface area contributed by atoms with Crippen LogP contribution in [0.5, 0.6) is 0 Å². The zero-order chi connectivity index (χ0) is 12.5. The van der Waals surface area contributed by atoms with E-state index in [9.17, 15) is 13.2 Å². The van der Waals surface area contributed by atoms with E-state index in [1.54, 1.807) is 0 Å². The van der Waals surface area contributed by atoms with Crippen molar-refractivity contribution < 1.29 is 18.3 Å². The molecule has 0 spiro atoms. The summed E-state index contributed by atoms with van der Waals surface area (Å²) in [5.74, 6) is -1.09. The Morgan fingerprint density at radius 1 is 0.941 bits per heavy atom. The second kappa shape index (κ2) is 4.91. The Bertz CT molecular complexity index is 383. The molecule has 0 atom stereocenters. The molecule has 0 aromatic heterocycles. The van der Waals surface area contributed by atoms with Crippen LogP contribution in [0.25, 0.3) is 0 Å². The van der Waals surface area contributed by atoms with Crippen LogP contribution in [0.1, 0.15) is 38.5 Å². The minimum Gasteiger partial charge on any atom is -0.481 e. The van der Waals surface area contributed by atoms with Gasteiger partial charge in [-0.15, -0.1) is 0 Å². The number of rotatable bonds is 5. The van der Waals surface area contributed by atoms with Crippen molar-refractivity contribution in [2.45, 2.75) is 50.6 Å². The molecular formula is C10H18N2O4S. The van der Waals surface area contributed by atoms with E-state index >= 15 is 0 Å². The Labute approximate surface area is 101 Å². The molecule has 17 heavy (non-hydrogen) atoms. The minimum absolute atomic E-state index is 0.0999. The van der Waals surface area contributed by atoms with Crippen molar-refractivity contribution >= 4 is 16.2 Å². The Morgan fingerprint density at radius 2 is 1.35 bits per heavy atom. The fourth-order valence-corrected chi connectivity index (χ4v) is 3.55. The first-order valence-electron chi connectivity index (χ1n) is 5.98. The van der Waals surface area contributed by atoms with Crippen molar-refractivity contribution in [3.05, 3.63) is 0 Å². The van der Waals surface area contributed by atoms with Crippen molar-refractivity contribution in [2.75, 3.05) is 0 Å². The lowest BCUT2D eigenvalue weighted by molar-refractivity contribution is -0.142. The number of carboxylic acid groups (broad SMARTS) is 1. The highest BCUT2D eigenvalue weighted by Gasteiger charge is 2.31. The van der Waals surface area contributed by atoms with Crippen LogP contribution in [0, 0.1) is 5.92 Å². The van der Waals surface area contributed by atoms with E-state index in [0.29, 0.717) is 25.7 Å². The SMILES string of the molecule is O=C(O)C1CCC(NS(=O)(=O)NC2CC2)CC1. The maximum absolute atomic E-state index is 11.6. The average molecular weight is 262 g/mol. The van der Waals surface area contributed by atoms with Gasteiger partial charge in [0.15, 0.2) is 0 Å². The van der Waals surface area contributed by atoms with Crippen LogP contribution >= 0.6 is 0 Å². The summed E-state index contributed by atoms with van der Waals surface area (Å²) in [6.45, 7) is 0. The van der Waals surface area contributed by atoms with Gasteiger partial charge < -0.3 is 5.11 Å². The second-order valence-electron chi connectivity index (χ2n) is 4.90. The quantitative estimate of drug-likeness (QED) is 0.660. The molecule has 2 aliphatic rings. The Balaban J connectivity index is 1.78. The maximum Gasteiger partial charge on any atom is 0.306 e. The van der Waals surface area contributed by atoms with Crippen LogP contribution in [0.4, 0.5) is 0 Å². The van der Waals surface area contributed by atoms with Gasteiger partial charge in [0.05, 0.1) is 5.92 Å². The van der Waals surface area contributed by atoms with Gasteiger partial charge in [-0.05, 0) is 38.5 Å². The third-order valence-electron chi connectivity index (χ3n) is 3.30. The lowest BCUT2D eigenvalue weighted by Crippen LogP contribution is -2.45. The summed E-state index contributed by atoms with van der Waals surface area (Å²) in [4.78, 5) is 10.7. The van der Waals surface area contributed by atoms with E-state index in [4.69, 9.17) is 5.11 Å². The first kappa shape index (κ1) is 12.8. The molecule has 2 aliphatic carbocycles. The molecular weight excluding hydrogens is 244 g/mol. The van der Waals surface area contributed by atoms with Crippen molar-refractivity contribution in [3.63, 3.8) is 0 Å². The summed E-state index contributed by atoms with van der Waals surface area (Å²) in [6.07, 6.45) is 4.11. The first-order chi connectivity index (χ1) is 7.96. The standard InChI is InChI=1S/C10H18N2O4S/c13-10(14)7-1-3-8(4-2-7)11-17(15,16)12-9-5-6-9/h7-9,11-12H,1-6H2,(H,13,14). The third kappa shape index (κ3) is 3.93. The number of carboxylic acids is 1. The van der Waals surface area contributed by atoms with Gasteiger partial charge in [-0.25, -0.2) is 0 Å². The number of carbonyl (C=O) groups is 1. The molecule has 0 heterocycles. The van der Waals surface area contributed by atoms with Gasteiger partial charge in [0, 0.05) is 12.1 Å².